The highest BCUT2D eigenvalue weighted by atomic mass is 16.5. The van der Waals surface area contributed by atoms with E-state index in [9.17, 15) is 9.59 Å². The highest BCUT2D eigenvalue weighted by Crippen LogP contribution is 2.24. The average molecular weight is 194 g/mol. The van der Waals surface area contributed by atoms with Crippen LogP contribution in [0.2, 0.25) is 0 Å². The standard InChI is InChI=1S/C9H10N2O3/c1-11-8(13)10-6-14-9(11)4-2-7(12)3-5-9/h2-5H,6H2,1H3,(H,10,13). The Labute approximate surface area is 81.0 Å². The average Bonchev–Trinajstić information content (AvgIpc) is 2.19. The molecule has 0 bridgehead atoms. The molecule has 0 atom stereocenters. The van der Waals surface area contributed by atoms with Crippen molar-refractivity contribution in [1.29, 1.82) is 0 Å². The first-order valence-corrected chi connectivity index (χ1v) is 4.22. The molecule has 1 N–H and O–H groups in total. The van der Waals surface area contributed by atoms with Gasteiger partial charge in [-0.1, -0.05) is 0 Å². The molecule has 1 heterocycles. The fourth-order valence-corrected chi connectivity index (χ4v) is 1.42. The van der Waals surface area contributed by atoms with Crippen molar-refractivity contribution in [2.75, 3.05) is 13.8 Å². The van der Waals surface area contributed by atoms with Crippen LogP contribution in [-0.2, 0) is 9.53 Å². The van der Waals surface area contributed by atoms with Crippen molar-refractivity contribution >= 4 is 11.8 Å². The number of amides is 2. The van der Waals surface area contributed by atoms with Crippen LogP contribution in [0, 0.1) is 0 Å². The van der Waals surface area contributed by atoms with Gasteiger partial charge in [0.05, 0.1) is 0 Å². The van der Waals surface area contributed by atoms with E-state index in [-0.39, 0.29) is 18.5 Å². The molecule has 2 aliphatic rings. The zero-order chi connectivity index (χ0) is 10.2. The van der Waals surface area contributed by atoms with Gasteiger partial charge in [-0.15, -0.1) is 0 Å². The molecule has 0 unspecified atom stereocenters. The van der Waals surface area contributed by atoms with E-state index in [0.717, 1.165) is 0 Å². The fourth-order valence-electron chi connectivity index (χ4n) is 1.42. The summed E-state index contributed by atoms with van der Waals surface area (Å²) in [5.41, 5.74) is -0.893. The van der Waals surface area contributed by atoms with Gasteiger partial charge in [0.25, 0.3) is 0 Å². The van der Waals surface area contributed by atoms with Crippen molar-refractivity contribution in [3.63, 3.8) is 0 Å². The lowest BCUT2D eigenvalue weighted by atomic mass is 10.0. The van der Waals surface area contributed by atoms with Gasteiger partial charge < -0.3 is 10.1 Å². The molecule has 1 aliphatic carbocycles. The molecule has 2 rings (SSSR count). The van der Waals surface area contributed by atoms with Crippen LogP contribution in [0.5, 0.6) is 0 Å². The van der Waals surface area contributed by atoms with E-state index in [0.29, 0.717) is 0 Å². The molecule has 1 saturated heterocycles. The minimum Gasteiger partial charge on any atom is -0.328 e. The van der Waals surface area contributed by atoms with Crippen molar-refractivity contribution in [2.45, 2.75) is 5.72 Å². The van der Waals surface area contributed by atoms with Crippen LogP contribution in [-0.4, -0.2) is 36.2 Å². The Kier molecular flexibility index (Phi) is 1.89. The molecule has 0 aromatic carbocycles. The second-order valence-corrected chi connectivity index (χ2v) is 3.15. The lowest BCUT2D eigenvalue weighted by molar-refractivity contribution is -0.112. The summed E-state index contributed by atoms with van der Waals surface area (Å²) in [6, 6.07) is -0.222. The number of hydrogen-bond acceptors (Lipinski definition) is 3. The Morgan fingerprint density at radius 3 is 2.71 bits per heavy atom. The topological polar surface area (TPSA) is 58.6 Å². The second kappa shape index (κ2) is 2.95. The summed E-state index contributed by atoms with van der Waals surface area (Å²) in [6.07, 6.45) is 5.95. The van der Waals surface area contributed by atoms with Crippen molar-refractivity contribution in [2.24, 2.45) is 0 Å². The quantitative estimate of drug-likeness (QED) is 0.590. The minimum atomic E-state index is -0.893. The predicted molar refractivity (Wildman–Crippen MR) is 48.3 cm³/mol. The normalized spacial score (nSPS) is 24.2. The van der Waals surface area contributed by atoms with Crippen LogP contribution < -0.4 is 5.32 Å². The van der Waals surface area contributed by atoms with Crippen molar-refractivity contribution in [3.8, 4) is 0 Å². The third-order valence-corrected chi connectivity index (χ3v) is 2.33. The van der Waals surface area contributed by atoms with Gasteiger partial charge >= 0.3 is 6.03 Å². The Bertz CT molecular complexity index is 330. The monoisotopic (exact) mass is 194 g/mol. The van der Waals surface area contributed by atoms with Gasteiger partial charge in [-0.05, 0) is 24.3 Å². The zero-order valence-electron chi connectivity index (χ0n) is 7.69. The number of carbonyl (C=O) groups excluding carboxylic acids is 2. The molecular weight excluding hydrogens is 184 g/mol. The first-order valence-electron chi connectivity index (χ1n) is 4.22. The highest BCUT2D eigenvalue weighted by Gasteiger charge is 2.38. The largest absolute Gasteiger partial charge is 0.328 e. The van der Waals surface area contributed by atoms with E-state index in [1.54, 1.807) is 19.2 Å². The summed E-state index contributed by atoms with van der Waals surface area (Å²) in [6.45, 7) is 0.145. The molecule has 1 fully saturated rings. The molecule has 0 radical (unpaired) electrons. The number of rotatable bonds is 0. The number of allylic oxidation sites excluding steroid dienone is 2. The lowest BCUT2D eigenvalue weighted by Gasteiger charge is -2.41. The number of nitrogens with zero attached hydrogens (tertiary/aromatic N) is 1. The zero-order valence-corrected chi connectivity index (χ0v) is 7.69. The number of urea groups is 1. The van der Waals surface area contributed by atoms with E-state index in [1.807, 2.05) is 0 Å². The van der Waals surface area contributed by atoms with Gasteiger partial charge in [-0.25, -0.2) is 4.79 Å². The van der Waals surface area contributed by atoms with Crippen LogP contribution in [0.4, 0.5) is 4.79 Å². The maximum absolute atomic E-state index is 11.3. The molecule has 74 valence electrons. The van der Waals surface area contributed by atoms with E-state index >= 15 is 0 Å². The number of ether oxygens (including phenoxy) is 1. The van der Waals surface area contributed by atoms with E-state index in [2.05, 4.69) is 5.32 Å². The van der Waals surface area contributed by atoms with Crippen molar-refractivity contribution in [1.82, 2.24) is 10.2 Å². The minimum absolute atomic E-state index is 0.0985. The third-order valence-electron chi connectivity index (χ3n) is 2.33. The van der Waals surface area contributed by atoms with Gasteiger partial charge in [0.1, 0.15) is 6.73 Å². The third kappa shape index (κ3) is 1.22. The molecule has 0 aromatic heterocycles. The molecular formula is C9H10N2O3. The first kappa shape index (κ1) is 8.96. The molecule has 14 heavy (non-hydrogen) atoms. The Balaban J connectivity index is 2.31. The van der Waals surface area contributed by atoms with Crippen LogP contribution in [0.1, 0.15) is 0 Å². The summed E-state index contributed by atoms with van der Waals surface area (Å²) in [5, 5.41) is 2.53. The Morgan fingerprint density at radius 2 is 2.07 bits per heavy atom. The lowest BCUT2D eigenvalue weighted by Crippen LogP contribution is -2.59. The maximum atomic E-state index is 11.3. The van der Waals surface area contributed by atoms with Gasteiger partial charge in [-0.2, -0.15) is 0 Å². The summed E-state index contributed by atoms with van der Waals surface area (Å²) in [7, 11) is 1.61. The summed E-state index contributed by atoms with van der Waals surface area (Å²) in [4.78, 5) is 23.7. The van der Waals surface area contributed by atoms with Gasteiger partial charge in [0.2, 0.25) is 0 Å². The maximum Gasteiger partial charge on any atom is 0.321 e. The molecule has 5 nitrogen and oxygen atoms in total. The second-order valence-electron chi connectivity index (χ2n) is 3.15. The van der Waals surface area contributed by atoms with Crippen LogP contribution in [0.3, 0.4) is 0 Å². The Hall–Kier alpha value is -1.62. The van der Waals surface area contributed by atoms with E-state index in [1.165, 1.54) is 17.1 Å². The summed E-state index contributed by atoms with van der Waals surface area (Å²) in [5.74, 6) is -0.0985. The van der Waals surface area contributed by atoms with Crippen molar-refractivity contribution in [3.05, 3.63) is 24.3 Å². The van der Waals surface area contributed by atoms with Crippen molar-refractivity contribution < 1.29 is 14.3 Å². The van der Waals surface area contributed by atoms with Gasteiger partial charge in [0.15, 0.2) is 11.5 Å². The van der Waals surface area contributed by atoms with Gasteiger partial charge in [-0.3, -0.25) is 9.69 Å². The number of carbonyl (C=O) groups is 2. The SMILES string of the molecule is CN1C(=O)NCOC12C=CC(=O)C=C2. The molecule has 0 saturated carbocycles. The van der Waals surface area contributed by atoms with E-state index < -0.39 is 5.72 Å². The number of ketones is 1. The number of hydrogen-bond donors (Lipinski definition) is 1. The summed E-state index contributed by atoms with van der Waals surface area (Å²) >= 11 is 0. The van der Waals surface area contributed by atoms with Crippen LogP contribution in [0.25, 0.3) is 0 Å². The van der Waals surface area contributed by atoms with E-state index in [4.69, 9.17) is 4.74 Å². The molecule has 2 amide bonds. The molecule has 5 heteroatoms. The van der Waals surface area contributed by atoms with Crippen LogP contribution >= 0.6 is 0 Å². The first-order chi connectivity index (χ1) is 6.64. The van der Waals surface area contributed by atoms with Gasteiger partial charge in [0, 0.05) is 7.05 Å². The fraction of sp³-hybridized carbons (Fsp3) is 0.333. The molecule has 0 aromatic rings. The number of nitrogens with one attached hydrogen (secondary N) is 1. The molecule has 1 aliphatic heterocycles. The molecule has 1 spiro atoms. The number of likely N-dealkylation sites (N-methyl/N-ethyl adjacent to an activating group) is 1. The Morgan fingerprint density at radius 1 is 1.43 bits per heavy atom. The van der Waals surface area contributed by atoms with Crippen LogP contribution in [0.15, 0.2) is 24.3 Å². The smallest absolute Gasteiger partial charge is 0.321 e. The summed E-state index contributed by atoms with van der Waals surface area (Å²) < 4.78 is 5.41. The highest BCUT2D eigenvalue weighted by molar-refractivity contribution is 6.00. The predicted octanol–water partition coefficient (Wildman–Crippen LogP) is 0.00690.